The van der Waals surface area contributed by atoms with Gasteiger partial charge in [-0.1, -0.05) is 60.7 Å². The van der Waals surface area contributed by atoms with E-state index in [0.29, 0.717) is 27.7 Å². The standard InChI is InChI=1S/C35H21N5O2/c41-32-23-12-1-4-15-26(23)36-33-31(32)25-14-3-6-17-28(25)38(33)21-10-9-11-22(20-21)39-29-18-7-8-19-30(29)40-34(42)24-13-2-5-16-27(24)37-35(39)40/h1-20H,(H,36,41). The molecule has 9 aromatic rings. The molecule has 0 radical (unpaired) electrons. The van der Waals surface area contributed by atoms with Crippen LogP contribution >= 0.6 is 0 Å². The van der Waals surface area contributed by atoms with Crippen LogP contribution in [0.15, 0.2) is 126 Å². The SMILES string of the molecule is O=c1c2ccccc2nc2n(-c3cccc(-n4c5ccccc5c5c(O)c6ccccc6nc54)c3)c3ccccc3n12. The molecular weight excluding hydrogens is 522 g/mol. The van der Waals surface area contributed by atoms with Crippen LogP contribution in [-0.2, 0) is 0 Å². The molecule has 5 aromatic carbocycles. The number of fused-ring (bicyclic) bond motifs is 8. The Balaban J connectivity index is 1.39. The summed E-state index contributed by atoms with van der Waals surface area (Å²) < 4.78 is 5.81. The lowest BCUT2D eigenvalue weighted by Crippen LogP contribution is -2.15. The number of nitrogens with zero attached hydrogens (tertiary/aromatic N) is 5. The molecule has 7 heteroatoms. The van der Waals surface area contributed by atoms with Crippen molar-refractivity contribution in [3.63, 3.8) is 0 Å². The van der Waals surface area contributed by atoms with Crippen LogP contribution in [0.3, 0.4) is 0 Å². The van der Waals surface area contributed by atoms with Crippen LogP contribution in [0.25, 0.3) is 71.9 Å². The van der Waals surface area contributed by atoms with Gasteiger partial charge in [-0.05, 0) is 60.7 Å². The average Bonchev–Trinajstić information content (AvgIpc) is 3.54. The van der Waals surface area contributed by atoms with Crippen molar-refractivity contribution in [3.05, 3.63) is 132 Å². The van der Waals surface area contributed by atoms with E-state index in [4.69, 9.17) is 9.97 Å². The van der Waals surface area contributed by atoms with Crippen molar-refractivity contribution in [2.75, 3.05) is 0 Å². The third kappa shape index (κ3) is 2.96. The number of hydrogen-bond acceptors (Lipinski definition) is 4. The van der Waals surface area contributed by atoms with Crippen LogP contribution in [0, 0.1) is 0 Å². The van der Waals surface area contributed by atoms with E-state index in [-0.39, 0.29) is 11.3 Å². The van der Waals surface area contributed by atoms with Gasteiger partial charge in [0, 0.05) is 16.5 Å². The first-order valence-electron chi connectivity index (χ1n) is 13.7. The Morgan fingerprint density at radius 1 is 0.548 bits per heavy atom. The fraction of sp³-hybridized carbons (Fsp3) is 0. The number of para-hydroxylation sites is 5. The van der Waals surface area contributed by atoms with Crippen molar-refractivity contribution < 1.29 is 5.11 Å². The second-order valence-corrected chi connectivity index (χ2v) is 10.4. The summed E-state index contributed by atoms with van der Waals surface area (Å²) in [4.78, 5) is 23.7. The van der Waals surface area contributed by atoms with Gasteiger partial charge in [0.1, 0.15) is 11.4 Å². The maximum Gasteiger partial charge on any atom is 0.267 e. The Morgan fingerprint density at radius 3 is 1.93 bits per heavy atom. The molecule has 4 aromatic heterocycles. The fourth-order valence-corrected chi connectivity index (χ4v) is 6.31. The molecule has 0 saturated heterocycles. The van der Waals surface area contributed by atoms with Crippen LogP contribution in [0.4, 0.5) is 0 Å². The predicted molar refractivity (Wildman–Crippen MR) is 167 cm³/mol. The van der Waals surface area contributed by atoms with Crippen LogP contribution in [0.2, 0.25) is 0 Å². The van der Waals surface area contributed by atoms with Gasteiger partial charge < -0.3 is 5.11 Å². The molecule has 42 heavy (non-hydrogen) atoms. The fourth-order valence-electron chi connectivity index (χ4n) is 6.31. The lowest BCUT2D eigenvalue weighted by molar-refractivity contribution is 0.488. The molecule has 198 valence electrons. The zero-order chi connectivity index (χ0) is 27.9. The van der Waals surface area contributed by atoms with Crippen molar-refractivity contribution in [2.24, 2.45) is 0 Å². The number of aromatic nitrogens is 5. The molecule has 1 N–H and O–H groups in total. The third-order valence-corrected chi connectivity index (χ3v) is 8.14. The van der Waals surface area contributed by atoms with E-state index in [1.54, 1.807) is 4.40 Å². The minimum atomic E-state index is -0.101. The molecule has 0 unspecified atom stereocenters. The van der Waals surface area contributed by atoms with E-state index in [1.165, 1.54) is 0 Å². The van der Waals surface area contributed by atoms with Gasteiger partial charge in [0.25, 0.3) is 5.56 Å². The Kier molecular flexibility index (Phi) is 4.50. The zero-order valence-electron chi connectivity index (χ0n) is 22.1. The lowest BCUT2D eigenvalue weighted by Gasteiger charge is -2.12. The van der Waals surface area contributed by atoms with Gasteiger partial charge in [-0.2, -0.15) is 0 Å². The molecule has 0 aliphatic carbocycles. The molecule has 0 atom stereocenters. The number of rotatable bonds is 2. The van der Waals surface area contributed by atoms with Crippen molar-refractivity contribution in [2.45, 2.75) is 0 Å². The number of pyridine rings is 1. The Hall–Kier alpha value is -5.95. The molecule has 7 nitrogen and oxygen atoms in total. The first-order valence-corrected chi connectivity index (χ1v) is 13.7. The topological polar surface area (TPSA) is 77.3 Å². The van der Waals surface area contributed by atoms with Gasteiger partial charge in [-0.25, -0.2) is 14.4 Å². The van der Waals surface area contributed by atoms with E-state index < -0.39 is 0 Å². The summed E-state index contributed by atoms with van der Waals surface area (Å²) in [5.41, 5.74) is 6.27. The quantitative estimate of drug-likeness (QED) is 0.251. The van der Waals surface area contributed by atoms with Crippen molar-refractivity contribution in [3.8, 4) is 17.1 Å². The van der Waals surface area contributed by atoms with E-state index >= 15 is 0 Å². The molecule has 0 aliphatic heterocycles. The van der Waals surface area contributed by atoms with Gasteiger partial charge in [-0.15, -0.1) is 0 Å². The van der Waals surface area contributed by atoms with Crippen molar-refractivity contribution >= 4 is 60.6 Å². The van der Waals surface area contributed by atoms with Gasteiger partial charge in [0.15, 0.2) is 0 Å². The summed E-state index contributed by atoms with van der Waals surface area (Å²) in [7, 11) is 0. The van der Waals surface area contributed by atoms with Crippen molar-refractivity contribution in [1.82, 2.24) is 23.5 Å². The number of hydrogen-bond donors (Lipinski definition) is 1. The second-order valence-electron chi connectivity index (χ2n) is 10.4. The maximum atomic E-state index is 13.7. The molecule has 0 amide bonds. The first kappa shape index (κ1) is 22.8. The molecule has 0 saturated carbocycles. The normalized spacial score (nSPS) is 12.0. The van der Waals surface area contributed by atoms with E-state index in [1.807, 2.05) is 120 Å². The minimum absolute atomic E-state index is 0.101. The number of aromatic hydroxyl groups is 1. The highest BCUT2D eigenvalue weighted by Gasteiger charge is 2.21. The Morgan fingerprint density at radius 2 is 1.14 bits per heavy atom. The van der Waals surface area contributed by atoms with Crippen LogP contribution in [0.1, 0.15) is 0 Å². The van der Waals surface area contributed by atoms with Crippen LogP contribution in [-0.4, -0.2) is 28.6 Å². The van der Waals surface area contributed by atoms with E-state index in [9.17, 15) is 9.90 Å². The maximum absolute atomic E-state index is 13.7. The molecule has 9 rings (SSSR count). The highest BCUT2D eigenvalue weighted by atomic mass is 16.3. The minimum Gasteiger partial charge on any atom is -0.506 e. The summed E-state index contributed by atoms with van der Waals surface area (Å²) >= 11 is 0. The molecule has 0 spiro atoms. The van der Waals surface area contributed by atoms with Gasteiger partial charge >= 0.3 is 0 Å². The molecule has 0 bridgehead atoms. The third-order valence-electron chi connectivity index (χ3n) is 8.14. The zero-order valence-corrected chi connectivity index (χ0v) is 22.1. The highest BCUT2D eigenvalue weighted by molar-refractivity contribution is 6.15. The average molecular weight is 544 g/mol. The molecular formula is C35H21N5O2. The number of benzene rings is 5. The van der Waals surface area contributed by atoms with Crippen LogP contribution < -0.4 is 5.56 Å². The molecule has 0 aliphatic rings. The van der Waals surface area contributed by atoms with Crippen molar-refractivity contribution in [1.29, 1.82) is 0 Å². The lowest BCUT2D eigenvalue weighted by atomic mass is 10.1. The summed E-state index contributed by atoms with van der Waals surface area (Å²) in [5, 5.41) is 14.4. The summed E-state index contributed by atoms with van der Waals surface area (Å²) in [6.07, 6.45) is 0. The molecule has 4 heterocycles. The predicted octanol–water partition coefficient (Wildman–Crippen LogP) is 7.14. The highest BCUT2D eigenvalue weighted by Crippen LogP contribution is 2.40. The van der Waals surface area contributed by atoms with Crippen LogP contribution in [0.5, 0.6) is 5.75 Å². The monoisotopic (exact) mass is 543 g/mol. The van der Waals surface area contributed by atoms with Gasteiger partial charge in [0.05, 0.1) is 44.0 Å². The summed E-state index contributed by atoms with van der Waals surface area (Å²) in [6.45, 7) is 0. The Bertz CT molecular complexity index is 2630. The molecule has 0 fully saturated rings. The second kappa shape index (κ2) is 8.28. The Labute approximate surface area is 237 Å². The van der Waals surface area contributed by atoms with E-state index in [2.05, 4.69) is 10.6 Å². The summed E-state index contributed by atoms with van der Waals surface area (Å²) in [6, 6.07) is 39.1. The summed E-state index contributed by atoms with van der Waals surface area (Å²) in [5.74, 6) is 0.764. The van der Waals surface area contributed by atoms with E-state index in [0.717, 1.165) is 44.2 Å². The number of imidazole rings is 1. The van der Waals surface area contributed by atoms with Gasteiger partial charge in [0.2, 0.25) is 5.78 Å². The smallest absolute Gasteiger partial charge is 0.267 e. The van der Waals surface area contributed by atoms with Gasteiger partial charge in [-0.3, -0.25) is 13.9 Å². The first-order chi connectivity index (χ1) is 20.7. The largest absolute Gasteiger partial charge is 0.506 e.